The molecule has 0 amide bonds. The summed E-state index contributed by atoms with van der Waals surface area (Å²) in [6.45, 7) is 0. The number of rotatable bonds is 1. The van der Waals surface area contributed by atoms with Crippen LogP contribution in [-0.4, -0.2) is 8.42 Å². The van der Waals surface area contributed by atoms with E-state index in [1.807, 2.05) is 0 Å². The lowest BCUT2D eigenvalue weighted by molar-refractivity contribution is 0.483. The Kier molecular flexibility index (Phi) is 2.16. The van der Waals surface area contributed by atoms with Crippen LogP contribution in [0.2, 0.25) is 0 Å². The van der Waals surface area contributed by atoms with Crippen LogP contribution in [0.4, 0.5) is 0 Å². The fourth-order valence-electron chi connectivity index (χ4n) is 0.0333. The summed E-state index contributed by atoms with van der Waals surface area (Å²) in [7, 11) is -2.96. The predicted octanol–water partition coefficient (Wildman–Crippen LogP) is -0.990. The molecular weight excluding hydrogens is 106 g/mol. The highest BCUT2D eigenvalue weighted by Crippen LogP contribution is 1.59. The summed E-state index contributed by atoms with van der Waals surface area (Å²) in [4.78, 5) is 0. The first-order valence-corrected chi connectivity index (χ1v) is 2.07. The summed E-state index contributed by atoms with van der Waals surface area (Å²) in [5, 5.41) is 7.38. The third-order valence-electron chi connectivity index (χ3n) is 0.115. The van der Waals surface area contributed by atoms with Gasteiger partial charge in [0.1, 0.15) is 0 Å². The predicted molar refractivity (Wildman–Crippen MR) is 17.0 cm³/mol. The van der Waals surface area contributed by atoms with Crippen molar-refractivity contribution < 1.29 is 12.6 Å². The van der Waals surface area contributed by atoms with E-state index in [9.17, 15) is 8.42 Å². The first-order valence-electron chi connectivity index (χ1n) is 0.975. The minimum absolute atomic E-state index is 0.971. The van der Waals surface area contributed by atoms with Crippen LogP contribution in [0.15, 0.2) is 0 Å². The van der Waals surface area contributed by atoms with Gasteiger partial charge in [-0.3, -0.25) is 0 Å². The highest BCUT2D eigenvalue weighted by atomic mass is 32.2. The summed E-state index contributed by atoms with van der Waals surface area (Å²) >= 11 is 0. The van der Waals surface area contributed by atoms with Crippen LogP contribution in [0.25, 0.3) is 0 Å². The molecule has 0 spiro atoms. The van der Waals surface area contributed by atoms with Crippen LogP contribution in [-0.2, 0) is 15.2 Å². The van der Waals surface area contributed by atoms with E-state index < -0.39 is 11.0 Å². The molecule has 0 N–H and O–H groups in total. The van der Waals surface area contributed by atoms with Gasteiger partial charge in [-0.15, -0.1) is 5.26 Å². The summed E-state index contributed by atoms with van der Waals surface area (Å²) in [6.07, 6.45) is 0.971. The molecule has 0 aliphatic rings. The molecule has 0 aliphatic heterocycles. The van der Waals surface area contributed by atoms with Crippen LogP contribution in [0, 0.1) is 11.5 Å². The summed E-state index contributed by atoms with van der Waals surface area (Å²) < 4.78 is 21.7. The van der Waals surface area contributed by atoms with Gasteiger partial charge in [0.05, 0.1) is 0 Å². The standard InChI is InChI=1S/CHNO3S/c2-1-5-6(3)4/h6H. The van der Waals surface area contributed by atoms with Crippen molar-refractivity contribution in [3.8, 4) is 6.26 Å². The maximum Gasteiger partial charge on any atom is 0.308 e. The van der Waals surface area contributed by atoms with Crippen molar-refractivity contribution in [3.63, 3.8) is 0 Å². The van der Waals surface area contributed by atoms with Gasteiger partial charge in [0.15, 0.2) is 0 Å². The Balaban J connectivity index is 3.41. The molecule has 0 aliphatic carbocycles. The summed E-state index contributed by atoms with van der Waals surface area (Å²) in [5.74, 6) is 0. The van der Waals surface area contributed by atoms with Gasteiger partial charge in [0.25, 0.3) is 0 Å². The zero-order chi connectivity index (χ0) is 4.99. The lowest BCUT2D eigenvalue weighted by atomic mass is 11.6. The second kappa shape index (κ2) is 2.48. The topological polar surface area (TPSA) is 67.2 Å². The molecular formula is CHNO3S. The Labute approximate surface area is 36.1 Å². The zero-order valence-electron chi connectivity index (χ0n) is 2.62. The van der Waals surface area contributed by atoms with Gasteiger partial charge >= 0.3 is 17.2 Å². The molecule has 0 saturated carbocycles. The van der Waals surface area contributed by atoms with Crippen molar-refractivity contribution in [1.29, 1.82) is 5.26 Å². The molecule has 0 heterocycles. The van der Waals surface area contributed by atoms with Crippen LogP contribution >= 0.6 is 0 Å². The summed E-state index contributed by atoms with van der Waals surface area (Å²) in [6, 6.07) is 0. The number of nitrogens with zero attached hydrogens (tertiary/aromatic N) is 1. The molecule has 0 saturated heterocycles. The van der Waals surface area contributed by atoms with Crippen molar-refractivity contribution >= 4 is 11.0 Å². The molecule has 0 atom stereocenters. The average molecular weight is 107 g/mol. The normalized spacial score (nSPS) is 7.33. The van der Waals surface area contributed by atoms with Gasteiger partial charge < -0.3 is 4.18 Å². The van der Waals surface area contributed by atoms with E-state index in [1.54, 1.807) is 0 Å². The van der Waals surface area contributed by atoms with Gasteiger partial charge in [-0.2, -0.15) is 8.42 Å². The van der Waals surface area contributed by atoms with Crippen molar-refractivity contribution in [1.82, 2.24) is 0 Å². The molecule has 34 valence electrons. The Hall–Kier alpha value is -0.760. The van der Waals surface area contributed by atoms with Crippen molar-refractivity contribution in [2.75, 3.05) is 0 Å². The smallest absolute Gasteiger partial charge is 0.304 e. The fourth-order valence-corrected chi connectivity index (χ4v) is 0.100. The number of hydrogen-bond donors (Lipinski definition) is 1. The molecule has 6 heavy (non-hydrogen) atoms. The Morgan fingerprint density at radius 3 is 2.17 bits per heavy atom. The SMILES string of the molecule is N#CO[SH](=O)=O. The molecule has 0 fully saturated rings. The third-order valence-corrected chi connectivity index (χ3v) is 0.346. The van der Waals surface area contributed by atoms with Gasteiger partial charge in [0, 0.05) is 0 Å². The molecule has 0 aromatic heterocycles. The van der Waals surface area contributed by atoms with Gasteiger partial charge in [-0.25, -0.2) is 0 Å². The monoisotopic (exact) mass is 107 g/mol. The average Bonchev–Trinajstić information content (AvgIpc) is 1.35. The molecule has 0 rings (SSSR count). The van der Waals surface area contributed by atoms with Crippen molar-refractivity contribution in [2.45, 2.75) is 0 Å². The minimum atomic E-state index is -2.96. The number of nitriles is 1. The number of thiol groups is 1. The van der Waals surface area contributed by atoms with Crippen LogP contribution in [0.1, 0.15) is 0 Å². The Morgan fingerprint density at radius 2 is 2.17 bits per heavy atom. The maximum absolute atomic E-state index is 9.19. The van der Waals surface area contributed by atoms with Crippen molar-refractivity contribution in [2.24, 2.45) is 0 Å². The molecule has 0 bridgehead atoms. The first kappa shape index (κ1) is 5.24. The van der Waals surface area contributed by atoms with E-state index in [0.717, 1.165) is 6.26 Å². The second-order valence-electron chi connectivity index (χ2n) is 0.406. The largest absolute Gasteiger partial charge is 0.308 e. The molecule has 0 unspecified atom stereocenters. The molecule has 0 radical (unpaired) electrons. The van der Waals surface area contributed by atoms with Crippen LogP contribution in [0.5, 0.6) is 0 Å². The lowest BCUT2D eigenvalue weighted by Gasteiger charge is -1.66. The Bertz CT molecular complexity index is 122. The van der Waals surface area contributed by atoms with Crippen molar-refractivity contribution in [3.05, 3.63) is 0 Å². The fraction of sp³-hybridized carbons (Fsp3) is 0. The molecule has 0 aromatic rings. The van der Waals surface area contributed by atoms with E-state index in [2.05, 4.69) is 4.18 Å². The molecule has 5 heteroatoms. The lowest BCUT2D eigenvalue weighted by Crippen LogP contribution is -1.72. The first-order chi connectivity index (χ1) is 2.77. The zero-order valence-corrected chi connectivity index (χ0v) is 3.51. The molecule has 4 nitrogen and oxygen atoms in total. The van der Waals surface area contributed by atoms with Crippen LogP contribution < -0.4 is 0 Å². The van der Waals surface area contributed by atoms with E-state index in [0.29, 0.717) is 0 Å². The van der Waals surface area contributed by atoms with E-state index in [4.69, 9.17) is 5.26 Å². The highest BCUT2D eigenvalue weighted by molar-refractivity contribution is 7.67. The summed E-state index contributed by atoms with van der Waals surface area (Å²) in [5.41, 5.74) is 0. The second-order valence-corrected chi connectivity index (χ2v) is 1.04. The van der Waals surface area contributed by atoms with E-state index in [1.165, 1.54) is 0 Å². The highest BCUT2D eigenvalue weighted by Gasteiger charge is 1.70. The van der Waals surface area contributed by atoms with Gasteiger partial charge in [-0.05, 0) is 0 Å². The number of hydrogen-bond acceptors (Lipinski definition) is 4. The minimum Gasteiger partial charge on any atom is -0.304 e. The van der Waals surface area contributed by atoms with E-state index in [-0.39, 0.29) is 0 Å². The van der Waals surface area contributed by atoms with Gasteiger partial charge in [0.2, 0.25) is 0 Å². The third kappa shape index (κ3) is 3.24. The van der Waals surface area contributed by atoms with Crippen LogP contribution in [0.3, 0.4) is 0 Å². The van der Waals surface area contributed by atoms with E-state index >= 15 is 0 Å². The maximum atomic E-state index is 9.19. The quantitative estimate of drug-likeness (QED) is 0.345. The van der Waals surface area contributed by atoms with Gasteiger partial charge in [-0.1, -0.05) is 0 Å². The molecule has 0 aromatic carbocycles. The Morgan fingerprint density at radius 1 is 1.67 bits per heavy atom.